The average Bonchev–Trinajstić information content (AvgIpc) is 3.44. The SMILES string of the molecule is Cc1noc(C)c1COc1ccc(CC(=O)N[C@H](C)c2ccc(-n3cncn3)cc2)cc1. The highest BCUT2D eigenvalue weighted by Crippen LogP contribution is 2.19. The number of hydrogen-bond acceptors (Lipinski definition) is 6. The summed E-state index contributed by atoms with van der Waals surface area (Å²) < 4.78 is 12.7. The Labute approximate surface area is 186 Å². The van der Waals surface area contributed by atoms with Crippen LogP contribution in [0.3, 0.4) is 0 Å². The van der Waals surface area contributed by atoms with Crippen molar-refractivity contribution in [1.29, 1.82) is 0 Å². The van der Waals surface area contributed by atoms with Crippen molar-refractivity contribution in [2.75, 3.05) is 0 Å². The minimum Gasteiger partial charge on any atom is -0.489 e. The van der Waals surface area contributed by atoms with Gasteiger partial charge in [0.2, 0.25) is 5.91 Å². The molecule has 8 nitrogen and oxygen atoms in total. The van der Waals surface area contributed by atoms with Crippen LogP contribution in [0.15, 0.2) is 65.7 Å². The van der Waals surface area contributed by atoms with Crippen LogP contribution in [0.25, 0.3) is 5.69 Å². The van der Waals surface area contributed by atoms with E-state index in [0.29, 0.717) is 13.0 Å². The average molecular weight is 431 g/mol. The third kappa shape index (κ3) is 5.03. The number of aryl methyl sites for hydroxylation is 2. The maximum atomic E-state index is 12.5. The molecule has 8 heteroatoms. The fraction of sp³-hybridized carbons (Fsp3) is 0.250. The Bertz CT molecular complexity index is 1150. The third-order valence-electron chi connectivity index (χ3n) is 5.31. The van der Waals surface area contributed by atoms with E-state index in [1.54, 1.807) is 11.0 Å². The zero-order valence-electron chi connectivity index (χ0n) is 18.3. The summed E-state index contributed by atoms with van der Waals surface area (Å²) in [4.78, 5) is 16.5. The number of rotatable bonds is 8. The molecule has 0 aliphatic carbocycles. The number of carbonyl (C=O) groups is 1. The standard InChI is InChI=1S/C24H25N5O3/c1-16(20-6-8-21(9-7-20)29-15-25-14-26-29)27-24(30)12-19-4-10-22(11-5-19)31-13-23-17(2)28-32-18(23)3/h4-11,14-16H,12-13H2,1-3H3,(H,27,30)/t16-/m1/s1. The van der Waals surface area contributed by atoms with Gasteiger partial charge in [-0.15, -0.1) is 0 Å². The second kappa shape index (κ2) is 9.47. The number of nitrogens with one attached hydrogen (secondary N) is 1. The summed E-state index contributed by atoms with van der Waals surface area (Å²) in [6.07, 6.45) is 3.44. The molecule has 0 aliphatic rings. The molecule has 1 atom stereocenters. The van der Waals surface area contributed by atoms with E-state index >= 15 is 0 Å². The first-order valence-electron chi connectivity index (χ1n) is 10.4. The second-order valence-electron chi connectivity index (χ2n) is 7.63. The van der Waals surface area contributed by atoms with Crippen LogP contribution in [0.4, 0.5) is 0 Å². The largest absolute Gasteiger partial charge is 0.489 e. The second-order valence-corrected chi connectivity index (χ2v) is 7.63. The van der Waals surface area contributed by atoms with Crippen LogP contribution < -0.4 is 10.1 Å². The fourth-order valence-electron chi connectivity index (χ4n) is 3.39. The van der Waals surface area contributed by atoms with Gasteiger partial charge < -0.3 is 14.6 Å². The Kier molecular flexibility index (Phi) is 6.30. The highest BCUT2D eigenvalue weighted by molar-refractivity contribution is 5.79. The third-order valence-corrected chi connectivity index (χ3v) is 5.31. The van der Waals surface area contributed by atoms with E-state index in [1.807, 2.05) is 69.3 Å². The van der Waals surface area contributed by atoms with E-state index in [1.165, 1.54) is 6.33 Å². The van der Waals surface area contributed by atoms with E-state index in [9.17, 15) is 4.79 Å². The van der Waals surface area contributed by atoms with Crippen LogP contribution in [0.2, 0.25) is 0 Å². The summed E-state index contributed by atoms with van der Waals surface area (Å²) >= 11 is 0. The molecule has 2 heterocycles. The number of carbonyl (C=O) groups excluding carboxylic acids is 1. The van der Waals surface area contributed by atoms with Crippen LogP contribution in [-0.4, -0.2) is 25.8 Å². The predicted octanol–water partition coefficient (Wildman–Crippen LogP) is 3.87. The van der Waals surface area contributed by atoms with Crippen LogP contribution >= 0.6 is 0 Å². The van der Waals surface area contributed by atoms with Gasteiger partial charge >= 0.3 is 0 Å². The molecule has 0 saturated carbocycles. The lowest BCUT2D eigenvalue weighted by atomic mass is 10.1. The molecule has 0 spiro atoms. The van der Waals surface area contributed by atoms with Crippen molar-refractivity contribution in [3.8, 4) is 11.4 Å². The Balaban J connectivity index is 1.29. The number of ether oxygens (including phenoxy) is 1. The Hall–Kier alpha value is -3.94. The van der Waals surface area contributed by atoms with Crippen molar-refractivity contribution in [3.63, 3.8) is 0 Å². The van der Waals surface area contributed by atoms with Gasteiger partial charge in [-0.05, 0) is 56.2 Å². The zero-order chi connectivity index (χ0) is 22.5. The molecule has 164 valence electrons. The van der Waals surface area contributed by atoms with Crippen molar-refractivity contribution in [1.82, 2.24) is 25.2 Å². The Morgan fingerprint density at radius 3 is 2.50 bits per heavy atom. The number of amides is 1. The van der Waals surface area contributed by atoms with Crippen molar-refractivity contribution in [2.45, 2.75) is 39.8 Å². The maximum Gasteiger partial charge on any atom is 0.224 e. The molecule has 0 bridgehead atoms. The minimum absolute atomic E-state index is 0.0396. The molecule has 2 aromatic carbocycles. The van der Waals surface area contributed by atoms with Crippen molar-refractivity contribution in [3.05, 3.63) is 89.3 Å². The van der Waals surface area contributed by atoms with Crippen molar-refractivity contribution < 1.29 is 14.1 Å². The summed E-state index contributed by atoms with van der Waals surface area (Å²) in [5, 5.41) is 11.1. The van der Waals surface area contributed by atoms with E-state index < -0.39 is 0 Å². The van der Waals surface area contributed by atoms with Gasteiger partial charge in [0.25, 0.3) is 0 Å². The predicted molar refractivity (Wildman–Crippen MR) is 118 cm³/mol. The van der Waals surface area contributed by atoms with Crippen LogP contribution in [-0.2, 0) is 17.8 Å². The molecule has 1 amide bonds. The maximum absolute atomic E-state index is 12.5. The van der Waals surface area contributed by atoms with Gasteiger partial charge in [-0.1, -0.05) is 29.4 Å². The molecular weight excluding hydrogens is 406 g/mol. The molecule has 0 saturated heterocycles. The first-order valence-corrected chi connectivity index (χ1v) is 10.4. The summed E-state index contributed by atoms with van der Waals surface area (Å²) in [7, 11) is 0. The van der Waals surface area contributed by atoms with Gasteiger partial charge in [0.1, 0.15) is 30.8 Å². The number of aromatic nitrogens is 4. The van der Waals surface area contributed by atoms with E-state index in [2.05, 4.69) is 20.6 Å². The molecule has 0 fully saturated rings. The normalized spacial score (nSPS) is 11.8. The summed E-state index contributed by atoms with van der Waals surface area (Å²) in [6.45, 7) is 6.12. The molecule has 4 rings (SSSR count). The first kappa shape index (κ1) is 21.3. The van der Waals surface area contributed by atoms with Gasteiger partial charge in [0.05, 0.1) is 29.4 Å². The molecule has 0 radical (unpaired) electrons. The number of benzene rings is 2. The number of nitrogens with zero attached hydrogens (tertiary/aromatic N) is 4. The fourth-order valence-corrected chi connectivity index (χ4v) is 3.39. The van der Waals surface area contributed by atoms with E-state index in [0.717, 1.165) is 39.6 Å². The summed E-state index contributed by atoms with van der Waals surface area (Å²) in [5.74, 6) is 1.45. The van der Waals surface area contributed by atoms with E-state index in [4.69, 9.17) is 9.26 Å². The first-order chi connectivity index (χ1) is 15.5. The highest BCUT2D eigenvalue weighted by Gasteiger charge is 2.12. The number of hydrogen-bond donors (Lipinski definition) is 1. The monoisotopic (exact) mass is 431 g/mol. The molecular formula is C24H25N5O3. The molecule has 4 aromatic rings. The van der Waals surface area contributed by atoms with Crippen molar-refractivity contribution in [2.24, 2.45) is 0 Å². The minimum atomic E-state index is -0.107. The lowest BCUT2D eigenvalue weighted by molar-refractivity contribution is -0.121. The van der Waals surface area contributed by atoms with Crippen LogP contribution in [0.1, 0.15) is 41.1 Å². The summed E-state index contributed by atoms with van der Waals surface area (Å²) in [5.41, 5.74) is 4.64. The molecule has 32 heavy (non-hydrogen) atoms. The smallest absolute Gasteiger partial charge is 0.224 e. The zero-order valence-corrected chi connectivity index (χ0v) is 18.3. The molecule has 0 aliphatic heterocycles. The van der Waals surface area contributed by atoms with Gasteiger partial charge in [-0.25, -0.2) is 9.67 Å². The molecule has 1 N–H and O–H groups in total. The Morgan fingerprint density at radius 1 is 1.12 bits per heavy atom. The quantitative estimate of drug-likeness (QED) is 0.455. The van der Waals surface area contributed by atoms with Gasteiger partial charge in [0.15, 0.2) is 0 Å². The lowest BCUT2D eigenvalue weighted by Crippen LogP contribution is -2.28. The van der Waals surface area contributed by atoms with Gasteiger partial charge in [-0.3, -0.25) is 4.79 Å². The van der Waals surface area contributed by atoms with Gasteiger partial charge in [-0.2, -0.15) is 5.10 Å². The van der Waals surface area contributed by atoms with Crippen molar-refractivity contribution >= 4 is 5.91 Å². The summed E-state index contributed by atoms with van der Waals surface area (Å²) in [6, 6.07) is 15.3. The Morgan fingerprint density at radius 2 is 1.88 bits per heavy atom. The van der Waals surface area contributed by atoms with Crippen LogP contribution in [0, 0.1) is 13.8 Å². The lowest BCUT2D eigenvalue weighted by Gasteiger charge is -2.15. The topological polar surface area (TPSA) is 95.1 Å². The molecule has 0 unspecified atom stereocenters. The van der Waals surface area contributed by atoms with E-state index in [-0.39, 0.29) is 11.9 Å². The van der Waals surface area contributed by atoms with Gasteiger partial charge in [0, 0.05) is 0 Å². The molecule has 2 aromatic heterocycles. The highest BCUT2D eigenvalue weighted by atomic mass is 16.5. The van der Waals surface area contributed by atoms with Crippen LogP contribution in [0.5, 0.6) is 5.75 Å².